The number of alkyl halides is 3. The Balaban J connectivity index is 1.74. The highest BCUT2D eigenvalue weighted by atomic mass is 32.1. The van der Waals surface area contributed by atoms with Crippen LogP contribution in [0.2, 0.25) is 0 Å². The summed E-state index contributed by atoms with van der Waals surface area (Å²) in [6, 6.07) is 13.6. The quantitative estimate of drug-likeness (QED) is 0.431. The Kier molecular flexibility index (Phi) is 5.17. The summed E-state index contributed by atoms with van der Waals surface area (Å²) in [5.74, 6) is -1.30. The third-order valence-corrected chi connectivity index (χ3v) is 5.11. The van der Waals surface area contributed by atoms with Crippen molar-refractivity contribution in [1.82, 2.24) is 14.5 Å². The molecule has 4 rings (SSSR count). The number of ether oxygens (including phenoxy) is 1. The van der Waals surface area contributed by atoms with Crippen molar-refractivity contribution >= 4 is 33.5 Å². The van der Waals surface area contributed by atoms with Gasteiger partial charge in [0.05, 0.1) is 28.7 Å². The molecule has 0 unspecified atom stereocenters. The number of imidazole rings is 1. The average molecular weight is 432 g/mol. The van der Waals surface area contributed by atoms with Gasteiger partial charge in [-0.25, -0.2) is 14.5 Å². The van der Waals surface area contributed by atoms with Crippen molar-refractivity contribution in [3.63, 3.8) is 0 Å². The van der Waals surface area contributed by atoms with E-state index in [1.165, 1.54) is 0 Å². The van der Waals surface area contributed by atoms with E-state index in [1.807, 2.05) is 6.92 Å². The Morgan fingerprint density at radius 2 is 1.87 bits per heavy atom. The van der Waals surface area contributed by atoms with Gasteiger partial charge in [0.15, 0.2) is 5.13 Å². The molecule has 0 saturated carbocycles. The van der Waals surface area contributed by atoms with Crippen LogP contribution >= 0.6 is 11.3 Å². The van der Waals surface area contributed by atoms with E-state index in [0.717, 1.165) is 17.6 Å². The summed E-state index contributed by atoms with van der Waals surface area (Å²) in [6.07, 6.45) is -3.70. The highest BCUT2D eigenvalue weighted by Crippen LogP contribution is 2.37. The normalized spacial score (nSPS) is 12.1. The molecule has 2 aromatic heterocycles. The third-order valence-electron chi connectivity index (χ3n) is 4.09. The SMILES string of the molecule is CCOc1ccc(N=Cc2nc(C(F)(F)F)n(-c3nc4ccccc4s3)c2O)cc1. The van der Waals surface area contributed by atoms with Crippen molar-refractivity contribution in [1.29, 1.82) is 0 Å². The lowest BCUT2D eigenvalue weighted by Gasteiger charge is -2.07. The van der Waals surface area contributed by atoms with Crippen LogP contribution < -0.4 is 4.74 Å². The molecule has 1 N–H and O–H groups in total. The fourth-order valence-corrected chi connectivity index (χ4v) is 3.74. The maximum absolute atomic E-state index is 13.6. The molecule has 2 heterocycles. The van der Waals surface area contributed by atoms with Gasteiger partial charge < -0.3 is 9.84 Å². The Morgan fingerprint density at radius 3 is 2.53 bits per heavy atom. The van der Waals surface area contributed by atoms with Crippen LogP contribution in [0.3, 0.4) is 0 Å². The fourth-order valence-electron chi connectivity index (χ4n) is 2.77. The zero-order valence-electron chi connectivity index (χ0n) is 15.6. The summed E-state index contributed by atoms with van der Waals surface area (Å²) < 4.78 is 47.4. The van der Waals surface area contributed by atoms with Crippen LogP contribution in [0.5, 0.6) is 11.6 Å². The van der Waals surface area contributed by atoms with E-state index in [1.54, 1.807) is 48.5 Å². The fraction of sp³-hybridized carbons (Fsp3) is 0.150. The monoisotopic (exact) mass is 432 g/mol. The molecule has 0 amide bonds. The van der Waals surface area contributed by atoms with Gasteiger partial charge in [-0.05, 0) is 43.3 Å². The molecule has 0 spiro atoms. The first-order chi connectivity index (χ1) is 14.4. The Morgan fingerprint density at radius 1 is 1.13 bits per heavy atom. The molecule has 2 aromatic carbocycles. The molecule has 154 valence electrons. The molecule has 0 fully saturated rings. The lowest BCUT2D eigenvalue weighted by molar-refractivity contribution is -0.146. The van der Waals surface area contributed by atoms with Crippen LogP contribution in [0.1, 0.15) is 18.4 Å². The lowest BCUT2D eigenvalue weighted by Crippen LogP contribution is -2.13. The molecule has 30 heavy (non-hydrogen) atoms. The van der Waals surface area contributed by atoms with E-state index >= 15 is 0 Å². The summed E-state index contributed by atoms with van der Waals surface area (Å²) in [5, 5.41) is 10.5. The van der Waals surface area contributed by atoms with E-state index in [4.69, 9.17) is 4.74 Å². The largest absolute Gasteiger partial charge is 0.494 e. The lowest BCUT2D eigenvalue weighted by atomic mass is 10.3. The van der Waals surface area contributed by atoms with Crippen molar-refractivity contribution < 1.29 is 23.0 Å². The molecule has 0 aliphatic carbocycles. The zero-order valence-corrected chi connectivity index (χ0v) is 16.4. The number of benzene rings is 2. The van der Waals surface area contributed by atoms with E-state index < -0.39 is 17.9 Å². The number of aromatic hydroxyl groups is 1. The summed E-state index contributed by atoms with van der Waals surface area (Å²) >= 11 is 1.02. The Hall–Kier alpha value is -3.40. The molecular formula is C20H15F3N4O2S. The second kappa shape index (κ2) is 7.79. The predicted molar refractivity (Wildman–Crippen MR) is 108 cm³/mol. The maximum atomic E-state index is 13.6. The number of fused-ring (bicyclic) bond motifs is 1. The van der Waals surface area contributed by atoms with Gasteiger partial charge in [0.1, 0.15) is 11.4 Å². The Bertz CT molecular complexity index is 1180. The van der Waals surface area contributed by atoms with E-state index in [2.05, 4.69) is 15.0 Å². The summed E-state index contributed by atoms with van der Waals surface area (Å²) in [5.41, 5.74) is 0.694. The first-order valence-corrected chi connectivity index (χ1v) is 9.70. The van der Waals surface area contributed by atoms with Crippen molar-refractivity contribution in [3.8, 4) is 16.8 Å². The van der Waals surface area contributed by atoms with Crippen LogP contribution in [-0.4, -0.2) is 32.5 Å². The molecule has 0 aliphatic rings. The van der Waals surface area contributed by atoms with Crippen LogP contribution in [0, 0.1) is 0 Å². The minimum atomic E-state index is -4.79. The maximum Gasteiger partial charge on any atom is 0.450 e. The van der Waals surface area contributed by atoms with Crippen LogP contribution in [0.25, 0.3) is 15.3 Å². The molecule has 0 radical (unpaired) electrons. The molecular weight excluding hydrogens is 417 g/mol. The van der Waals surface area contributed by atoms with Gasteiger partial charge in [-0.15, -0.1) is 0 Å². The smallest absolute Gasteiger partial charge is 0.450 e. The number of nitrogens with zero attached hydrogens (tertiary/aromatic N) is 4. The second-order valence-corrected chi connectivity index (χ2v) is 7.14. The molecule has 4 aromatic rings. The molecule has 0 saturated heterocycles. The van der Waals surface area contributed by atoms with Gasteiger partial charge in [0.25, 0.3) is 0 Å². The van der Waals surface area contributed by atoms with Gasteiger partial charge in [-0.1, -0.05) is 23.5 Å². The van der Waals surface area contributed by atoms with E-state index in [-0.39, 0.29) is 10.8 Å². The number of hydrogen-bond acceptors (Lipinski definition) is 6. The minimum Gasteiger partial charge on any atom is -0.494 e. The third kappa shape index (κ3) is 3.86. The Labute approximate surface area is 172 Å². The minimum absolute atomic E-state index is 0.0331. The van der Waals surface area contributed by atoms with Crippen LogP contribution in [0.15, 0.2) is 53.5 Å². The highest BCUT2D eigenvalue weighted by Gasteiger charge is 2.40. The molecule has 0 bridgehead atoms. The summed E-state index contributed by atoms with van der Waals surface area (Å²) in [4.78, 5) is 11.9. The standard InChI is InChI=1S/C20H15F3N4O2S/c1-2-29-13-9-7-12(8-10-13)24-11-15-17(28)27(18(25-15)20(21,22)23)19-26-14-5-3-4-6-16(14)30-19/h3-11,28H,2H2,1H3. The summed E-state index contributed by atoms with van der Waals surface area (Å²) in [7, 11) is 0. The van der Waals surface area contributed by atoms with Crippen LogP contribution in [0.4, 0.5) is 18.9 Å². The van der Waals surface area contributed by atoms with Gasteiger partial charge in [0, 0.05) is 0 Å². The first kappa shape index (κ1) is 19.9. The van der Waals surface area contributed by atoms with Crippen molar-refractivity contribution in [2.45, 2.75) is 13.1 Å². The number of halogens is 3. The number of thiazole rings is 1. The van der Waals surface area contributed by atoms with Crippen molar-refractivity contribution in [3.05, 3.63) is 60.0 Å². The molecule has 10 heteroatoms. The number of aliphatic imine (C=N–C) groups is 1. The van der Waals surface area contributed by atoms with E-state index in [9.17, 15) is 18.3 Å². The number of aromatic nitrogens is 3. The van der Waals surface area contributed by atoms with Gasteiger partial charge in [-0.3, -0.25) is 4.99 Å². The summed E-state index contributed by atoms with van der Waals surface area (Å²) in [6.45, 7) is 2.37. The topological polar surface area (TPSA) is 72.5 Å². The average Bonchev–Trinajstić information content (AvgIpc) is 3.28. The number of hydrogen-bond donors (Lipinski definition) is 1. The predicted octanol–water partition coefficient (Wildman–Crippen LogP) is 5.36. The zero-order chi connectivity index (χ0) is 21.3. The first-order valence-electron chi connectivity index (χ1n) is 8.88. The van der Waals surface area contributed by atoms with Gasteiger partial charge >= 0.3 is 6.18 Å². The molecule has 0 aliphatic heterocycles. The van der Waals surface area contributed by atoms with Gasteiger partial charge in [0.2, 0.25) is 11.7 Å². The van der Waals surface area contributed by atoms with Gasteiger partial charge in [-0.2, -0.15) is 13.2 Å². The van der Waals surface area contributed by atoms with Crippen molar-refractivity contribution in [2.75, 3.05) is 6.61 Å². The number of para-hydroxylation sites is 1. The van der Waals surface area contributed by atoms with Crippen LogP contribution in [-0.2, 0) is 6.18 Å². The second-order valence-electron chi connectivity index (χ2n) is 6.13. The molecule has 6 nitrogen and oxygen atoms in total. The highest BCUT2D eigenvalue weighted by molar-refractivity contribution is 7.20. The van der Waals surface area contributed by atoms with E-state index in [0.29, 0.717) is 32.8 Å². The molecule has 0 atom stereocenters. The van der Waals surface area contributed by atoms with Crippen molar-refractivity contribution in [2.24, 2.45) is 4.99 Å². The number of rotatable bonds is 5.